The molecule has 2 N–H and O–H groups in total. The number of carbonyl (C=O) groups excluding carboxylic acids is 1. The summed E-state index contributed by atoms with van der Waals surface area (Å²) in [7, 11) is 4.11. The summed E-state index contributed by atoms with van der Waals surface area (Å²) in [6, 6.07) is 7.87. The number of benzene rings is 1. The Morgan fingerprint density at radius 2 is 1.90 bits per heavy atom. The Hall–Kier alpha value is -1.04. The normalized spacial score (nSPS) is 17.7. The molecule has 1 heterocycles. The maximum atomic E-state index is 12.2. The molecule has 0 atom stereocenters. The molecule has 0 aliphatic carbocycles. The van der Waals surface area contributed by atoms with E-state index in [1.54, 1.807) is 11.8 Å². The summed E-state index contributed by atoms with van der Waals surface area (Å²) in [6.07, 6.45) is 2.05. The number of nitrogens with zero attached hydrogens (tertiary/aromatic N) is 1. The Balaban J connectivity index is 1.92. The van der Waals surface area contributed by atoms with Gasteiger partial charge in [-0.05, 0) is 62.6 Å². The van der Waals surface area contributed by atoms with Crippen LogP contribution < -0.4 is 5.32 Å². The van der Waals surface area contributed by atoms with E-state index in [1.165, 1.54) is 5.56 Å². The van der Waals surface area contributed by atoms with Gasteiger partial charge in [0.15, 0.2) is 0 Å². The Bertz CT molecular complexity index is 468. The largest absolute Gasteiger partial charge is 0.380 e. The van der Waals surface area contributed by atoms with Crippen LogP contribution in [-0.2, 0) is 11.2 Å². The first-order valence-corrected chi connectivity index (χ1v) is 8.50. The predicted octanol–water partition coefficient (Wildman–Crippen LogP) is 1.99. The van der Waals surface area contributed by atoms with E-state index in [4.69, 9.17) is 0 Å². The van der Waals surface area contributed by atoms with Crippen LogP contribution in [0.5, 0.6) is 0 Å². The number of hydrogen-bond acceptors (Lipinski definition) is 4. The van der Waals surface area contributed by atoms with Crippen molar-refractivity contribution in [2.45, 2.75) is 24.9 Å². The van der Waals surface area contributed by atoms with Gasteiger partial charge in [0.05, 0.1) is 0 Å². The second-order valence-electron chi connectivity index (χ2n) is 5.85. The number of carbonyl (C=O) groups is 1. The minimum atomic E-state index is -1.20. The average molecular weight is 308 g/mol. The molecule has 0 aromatic heterocycles. The van der Waals surface area contributed by atoms with Crippen LogP contribution in [-0.4, -0.2) is 53.7 Å². The fourth-order valence-corrected chi connectivity index (χ4v) is 3.46. The summed E-state index contributed by atoms with van der Waals surface area (Å²) in [5.74, 6) is 1.41. The summed E-state index contributed by atoms with van der Waals surface area (Å²) in [5, 5.41) is 13.2. The van der Waals surface area contributed by atoms with E-state index in [2.05, 4.69) is 24.3 Å². The standard InChI is InChI=1S/C16H24N2O2S/c1-18(2)10-7-13-3-5-14(6-4-13)17-15(19)16(20)8-11-21-12-9-16/h3-6,20H,7-12H2,1-2H3,(H,17,19). The minimum Gasteiger partial charge on any atom is -0.380 e. The molecule has 1 fully saturated rings. The van der Waals surface area contributed by atoms with E-state index in [0.717, 1.165) is 30.2 Å². The van der Waals surface area contributed by atoms with Gasteiger partial charge in [0.25, 0.3) is 5.91 Å². The Morgan fingerprint density at radius 3 is 2.48 bits per heavy atom. The van der Waals surface area contributed by atoms with E-state index in [9.17, 15) is 9.90 Å². The lowest BCUT2D eigenvalue weighted by Gasteiger charge is -2.30. The van der Waals surface area contributed by atoms with Gasteiger partial charge in [-0.15, -0.1) is 0 Å². The lowest BCUT2D eigenvalue weighted by atomic mass is 9.95. The summed E-state index contributed by atoms with van der Waals surface area (Å²) < 4.78 is 0. The van der Waals surface area contributed by atoms with Crippen molar-refractivity contribution in [2.24, 2.45) is 0 Å². The van der Waals surface area contributed by atoms with Crippen molar-refractivity contribution in [1.29, 1.82) is 0 Å². The quantitative estimate of drug-likeness (QED) is 0.873. The monoisotopic (exact) mass is 308 g/mol. The molecule has 0 spiro atoms. The molecule has 0 saturated carbocycles. The number of hydrogen-bond donors (Lipinski definition) is 2. The van der Waals surface area contributed by atoms with Gasteiger partial charge in [-0.1, -0.05) is 12.1 Å². The van der Waals surface area contributed by atoms with Crippen LogP contribution in [0.3, 0.4) is 0 Å². The van der Waals surface area contributed by atoms with Crippen molar-refractivity contribution in [1.82, 2.24) is 4.90 Å². The highest BCUT2D eigenvalue weighted by atomic mass is 32.2. The number of anilines is 1. The number of rotatable bonds is 5. The van der Waals surface area contributed by atoms with E-state index in [-0.39, 0.29) is 5.91 Å². The van der Waals surface area contributed by atoms with Gasteiger partial charge < -0.3 is 15.3 Å². The van der Waals surface area contributed by atoms with Gasteiger partial charge in [0.1, 0.15) is 5.60 Å². The lowest BCUT2D eigenvalue weighted by molar-refractivity contribution is -0.134. The summed E-state index contributed by atoms with van der Waals surface area (Å²) in [6.45, 7) is 1.00. The zero-order chi connectivity index (χ0) is 15.3. The second-order valence-corrected chi connectivity index (χ2v) is 7.07. The van der Waals surface area contributed by atoms with Crippen molar-refractivity contribution in [2.75, 3.05) is 37.5 Å². The molecular formula is C16H24N2O2S. The molecule has 116 valence electrons. The molecule has 1 amide bonds. The van der Waals surface area contributed by atoms with Crippen molar-refractivity contribution >= 4 is 23.4 Å². The molecule has 1 aromatic rings. The average Bonchev–Trinajstić information content (AvgIpc) is 2.47. The first-order chi connectivity index (χ1) is 9.99. The number of aliphatic hydroxyl groups is 1. The summed E-state index contributed by atoms with van der Waals surface area (Å²) in [4.78, 5) is 14.4. The molecule has 0 bridgehead atoms. The van der Waals surface area contributed by atoms with Crippen LogP contribution in [0.25, 0.3) is 0 Å². The fourth-order valence-electron chi connectivity index (χ4n) is 2.29. The van der Waals surface area contributed by atoms with E-state index in [1.807, 2.05) is 24.3 Å². The Morgan fingerprint density at radius 1 is 1.29 bits per heavy atom. The molecule has 21 heavy (non-hydrogen) atoms. The third kappa shape index (κ3) is 4.73. The summed E-state index contributed by atoms with van der Waals surface area (Å²) >= 11 is 1.79. The maximum absolute atomic E-state index is 12.2. The molecule has 2 rings (SSSR count). The fraction of sp³-hybridized carbons (Fsp3) is 0.562. The summed E-state index contributed by atoms with van der Waals surface area (Å²) in [5.41, 5.74) is 0.796. The highest BCUT2D eigenvalue weighted by Gasteiger charge is 2.37. The first kappa shape index (κ1) is 16.3. The molecule has 4 nitrogen and oxygen atoms in total. The van der Waals surface area contributed by atoms with Gasteiger partial charge in [0.2, 0.25) is 0 Å². The van der Waals surface area contributed by atoms with E-state index >= 15 is 0 Å². The lowest BCUT2D eigenvalue weighted by Crippen LogP contribution is -2.45. The molecule has 1 aliphatic rings. The van der Waals surface area contributed by atoms with Gasteiger partial charge in [-0.3, -0.25) is 4.79 Å². The van der Waals surface area contributed by atoms with Crippen molar-refractivity contribution in [3.63, 3.8) is 0 Å². The van der Waals surface area contributed by atoms with Crippen LogP contribution in [0.1, 0.15) is 18.4 Å². The molecule has 0 radical (unpaired) electrons. The Kier molecular flexibility index (Phi) is 5.67. The zero-order valence-electron chi connectivity index (χ0n) is 12.8. The third-order valence-electron chi connectivity index (χ3n) is 3.80. The van der Waals surface area contributed by atoms with Crippen LogP contribution in [0, 0.1) is 0 Å². The number of amides is 1. The number of nitrogens with one attached hydrogen (secondary N) is 1. The maximum Gasteiger partial charge on any atom is 0.256 e. The van der Waals surface area contributed by atoms with E-state index in [0.29, 0.717) is 12.8 Å². The highest BCUT2D eigenvalue weighted by molar-refractivity contribution is 7.99. The zero-order valence-corrected chi connectivity index (χ0v) is 13.6. The number of likely N-dealkylation sites (N-methyl/N-ethyl adjacent to an activating group) is 1. The van der Waals surface area contributed by atoms with Crippen LogP contribution in [0.2, 0.25) is 0 Å². The van der Waals surface area contributed by atoms with Gasteiger partial charge in [0, 0.05) is 12.2 Å². The molecule has 1 aliphatic heterocycles. The molecular weight excluding hydrogens is 284 g/mol. The number of thioether (sulfide) groups is 1. The molecule has 5 heteroatoms. The van der Waals surface area contributed by atoms with Gasteiger partial charge in [-0.2, -0.15) is 11.8 Å². The van der Waals surface area contributed by atoms with Crippen LogP contribution >= 0.6 is 11.8 Å². The van der Waals surface area contributed by atoms with Crippen molar-refractivity contribution in [3.05, 3.63) is 29.8 Å². The molecule has 1 saturated heterocycles. The third-order valence-corrected chi connectivity index (χ3v) is 4.79. The first-order valence-electron chi connectivity index (χ1n) is 7.35. The Labute approximate surface area is 130 Å². The topological polar surface area (TPSA) is 52.6 Å². The smallest absolute Gasteiger partial charge is 0.256 e. The van der Waals surface area contributed by atoms with Crippen LogP contribution in [0.15, 0.2) is 24.3 Å². The van der Waals surface area contributed by atoms with Gasteiger partial charge in [-0.25, -0.2) is 0 Å². The molecule has 0 unspecified atom stereocenters. The van der Waals surface area contributed by atoms with E-state index < -0.39 is 5.60 Å². The minimum absolute atomic E-state index is 0.274. The molecule has 1 aromatic carbocycles. The highest BCUT2D eigenvalue weighted by Crippen LogP contribution is 2.28. The second kappa shape index (κ2) is 7.29. The van der Waals surface area contributed by atoms with Crippen LogP contribution in [0.4, 0.5) is 5.69 Å². The predicted molar refractivity (Wildman–Crippen MR) is 88.8 cm³/mol. The van der Waals surface area contributed by atoms with Crippen molar-refractivity contribution < 1.29 is 9.90 Å². The van der Waals surface area contributed by atoms with Crippen molar-refractivity contribution in [3.8, 4) is 0 Å². The SMILES string of the molecule is CN(C)CCc1ccc(NC(=O)C2(O)CCSCC2)cc1. The van der Waals surface area contributed by atoms with Gasteiger partial charge >= 0.3 is 0 Å².